The van der Waals surface area contributed by atoms with Gasteiger partial charge in [-0.15, -0.1) is 0 Å². The average Bonchev–Trinajstić information content (AvgIpc) is 2.86. The number of ketones is 1. The molecule has 3 nitrogen and oxygen atoms in total. The molecule has 0 saturated carbocycles. The summed E-state index contributed by atoms with van der Waals surface area (Å²) in [5, 5.41) is 0.827. The van der Waals surface area contributed by atoms with Gasteiger partial charge in [0.2, 0.25) is 5.78 Å². The van der Waals surface area contributed by atoms with Crippen molar-refractivity contribution >= 4 is 34.0 Å². The maximum atomic E-state index is 13.5. The first-order chi connectivity index (χ1) is 9.56. The lowest BCUT2D eigenvalue weighted by molar-refractivity contribution is 0.101. The minimum atomic E-state index is -0.503. The Bertz CT molecular complexity index is 826. The van der Waals surface area contributed by atoms with Crippen molar-refractivity contribution in [1.29, 1.82) is 0 Å². The molecule has 0 bridgehead atoms. The Kier molecular flexibility index (Phi) is 2.95. The fourth-order valence-electron chi connectivity index (χ4n) is 1.95. The Morgan fingerprint density at radius 2 is 2.00 bits per heavy atom. The van der Waals surface area contributed by atoms with E-state index < -0.39 is 5.82 Å². The van der Waals surface area contributed by atoms with Crippen molar-refractivity contribution in [3.8, 4) is 0 Å². The normalized spacial score (nSPS) is 10.9. The molecule has 0 fully saturated rings. The maximum absolute atomic E-state index is 13.5. The lowest BCUT2D eigenvalue weighted by Gasteiger charge is -2.01. The van der Waals surface area contributed by atoms with Gasteiger partial charge < -0.3 is 10.2 Å². The van der Waals surface area contributed by atoms with E-state index in [1.165, 1.54) is 18.2 Å². The van der Waals surface area contributed by atoms with Gasteiger partial charge >= 0.3 is 0 Å². The molecule has 0 radical (unpaired) electrons. The van der Waals surface area contributed by atoms with Gasteiger partial charge in [-0.1, -0.05) is 23.7 Å². The lowest BCUT2D eigenvalue weighted by atomic mass is 10.1. The fraction of sp³-hybridized carbons (Fsp3) is 0. The predicted molar refractivity (Wildman–Crippen MR) is 75.5 cm³/mol. The van der Waals surface area contributed by atoms with Crippen LogP contribution in [-0.2, 0) is 0 Å². The number of anilines is 1. The summed E-state index contributed by atoms with van der Waals surface area (Å²) in [6, 6.07) is 10.6. The van der Waals surface area contributed by atoms with Crippen molar-refractivity contribution < 1.29 is 13.6 Å². The number of hydrogen-bond acceptors (Lipinski definition) is 3. The third-order valence-electron chi connectivity index (χ3n) is 2.98. The standard InChI is InChI=1S/C15H9ClFNO2/c16-10-6-8(4-5-12(10)18)14(19)13-7-9-2-1-3-11(17)15(9)20-13/h1-7H,18H2. The van der Waals surface area contributed by atoms with Gasteiger partial charge in [0, 0.05) is 10.9 Å². The highest BCUT2D eigenvalue weighted by molar-refractivity contribution is 6.33. The molecule has 5 heteroatoms. The van der Waals surface area contributed by atoms with Crippen molar-refractivity contribution in [1.82, 2.24) is 0 Å². The monoisotopic (exact) mass is 289 g/mol. The molecule has 3 rings (SSSR count). The predicted octanol–water partition coefficient (Wildman–Crippen LogP) is 4.04. The number of nitrogens with two attached hydrogens (primary N) is 1. The molecule has 0 aliphatic heterocycles. The summed E-state index contributed by atoms with van der Waals surface area (Å²) in [5.74, 6) is -0.815. The highest BCUT2D eigenvalue weighted by Crippen LogP contribution is 2.26. The van der Waals surface area contributed by atoms with Crippen LogP contribution in [0, 0.1) is 5.82 Å². The molecule has 3 aromatic rings. The quantitative estimate of drug-likeness (QED) is 0.572. The molecular formula is C15H9ClFNO2. The molecule has 0 spiro atoms. The first-order valence-corrected chi connectivity index (χ1v) is 6.22. The number of furan rings is 1. The van der Waals surface area contributed by atoms with Crippen LogP contribution in [0.1, 0.15) is 16.1 Å². The molecule has 20 heavy (non-hydrogen) atoms. The Morgan fingerprint density at radius 3 is 2.70 bits per heavy atom. The van der Waals surface area contributed by atoms with Gasteiger partial charge in [-0.05, 0) is 30.3 Å². The molecule has 100 valence electrons. The Hall–Kier alpha value is -2.33. The summed E-state index contributed by atoms with van der Waals surface area (Å²) in [7, 11) is 0. The summed E-state index contributed by atoms with van der Waals surface area (Å²) in [6.07, 6.45) is 0. The van der Waals surface area contributed by atoms with Crippen molar-refractivity contribution in [3.63, 3.8) is 0 Å². The van der Waals surface area contributed by atoms with Crippen LogP contribution < -0.4 is 5.73 Å². The van der Waals surface area contributed by atoms with E-state index in [1.54, 1.807) is 24.3 Å². The van der Waals surface area contributed by atoms with Crippen LogP contribution in [0.2, 0.25) is 5.02 Å². The number of benzene rings is 2. The van der Waals surface area contributed by atoms with E-state index in [2.05, 4.69) is 0 Å². The maximum Gasteiger partial charge on any atom is 0.228 e. The fourth-order valence-corrected chi connectivity index (χ4v) is 2.13. The second-order valence-corrected chi connectivity index (χ2v) is 4.74. The van der Waals surface area contributed by atoms with Gasteiger partial charge in [-0.2, -0.15) is 0 Å². The van der Waals surface area contributed by atoms with Crippen LogP contribution in [0.15, 0.2) is 46.9 Å². The van der Waals surface area contributed by atoms with Crippen LogP contribution in [0.3, 0.4) is 0 Å². The number of nitrogen functional groups attached to an aromatic ring is 1. The minimum absolute atomic E-state index is 0.0611. The molecular weight excluding hydrogens is 281 g/mol. The summed E-state index contributed by atoms with van der Waals surface area (Å²) in [6.45, 7) is 0. The van der Waals surface area contributed by atoms with Crippen molar-refractivity contribution in [2.45, 2.75) is 0 Å². The first-order valence-electron chi connectivity index (χ1n) is 5.84. The van der Waals surface area contributed by atoms with Crippen LogP contribution in [0.25, 0.3) is 11.0 Å². The Balaban J connectivity index is 2.08. The van der Waals surface area contributed by atoms with Crippen LogP contribution in [0.4, 0.5) is 10.1 Å². The van der Waals surface area contributed by atoms with Gasteiger partial charge in [0.1, 0.15) is 0 Å². The molecule has 0 atom stereocenters. The third-order valence-corrected chi connectivity index (χ3v) is 3.31. The van der Waals surface area contributed by atoms with Crippen LogP contribution in [-0.4, -0.2) is 5.78 Å². The number of para-hydroxylation sites is 1. The Labute approximate surface area is 118 Å². The van der Waals surface area contributed by atoms with Gasteiger partial charge in [-0.3, -0.25) is 4.79 Å². The van der Waals surface area contributed by atoms with Crippen LogP contribution in [0.5, 0.6) is 0 Å². The highest BCUT2D eigenvalue weighted by atomic mass is 35.5. The van der Waals surface area contributed by atoms with Gasteiger partial charge in [-0.25, -0.2) is 4.39 Å². The second kappa shape index (κ2) is 4.65. The second-order valence-electron chi connectivity index (χ2n) is 4.33. The molecule has 2 N–H and O–H groups in total. The number of carbonyl (C=O) groups excluding carboxylic acids is 1. The van der Waals surface area contributed by atoms with E-state index in [0.29, 0.717) is 16.6 Å². The summed E-state index contributed by atoms with van der Waals surface area (Å²) in [4.78, 5) is 12.3. The van der Waals surface area contributed by atoms with Gasteiger partial charge in [0.25, 0.3) is 0 Å². The molecule has 0 amide bonds. The zero-order valence-electron chi connectivity index (χ0n) is 10.2. The number of fused-ring (bicyclic) bond motifs is 1. The summed E-state index contributed by atoms with van der Waals surface area (Å²) >= 11 is 5.88. The van der Waals surface area contributed by atoms with E-state index in [9.17, 15) is 9.18 Å². The lowest BCUT2D eigenvalue weighted by Crippen LogP contribution is -2.00. The summed E-state index contributed by atoms with van der Waals surface area (Å²) < 4.78 is 18.8. The topological polar surface area (TPSA) is 56.2 Å². The number of carbonyl (C=O) groups is 1. The first kappa shape index (κ1) is 12.7. The van der Waals surface area contributed by atoms with E-state index >= 15 is 0 Å². The molecule has 0 saturated heterocycles. The highest BCUT2D eigenvalue weighted by Gasteiger charge is 2.17. The molecule has 2 aromatic carbocycles. The summed E-state index contributed by atoms with van der Waals surface area (Å²) in [5.41, 5.74) is 6.38. The Morgan fingerprint density at radius 1 is 1.20 bits per heavy atom. The number of hydrogen-bond donors (Lipinski definition) is 1. The zero-order valence-corrected chi connectivity index (χ0v) is 10.9. The average molecular weight is 290 g/mol. The van der Waals surface area contributed by atoms with Crippen molar-refractivity contribution in [3.05, 3.63) is 64.6 Å². The number of rotatable bonds is 2. The van der Waals surface area contributed by atoms with Gasteiger partial charge in [0.05, 0.1) is 10.7 Å². The van der Waals surface area contributed by atoms with Crippen molar-refractivity contribution in [2.24, 2.45) is 0 Å². The minimum Gasteiger partial charge on any atom is -0.449 e. The number of halogens is 2. The SMILES string of the molecule is Nc1ccc(C(=O)c2cc3cccc(F)c3o2)cc1Cl. The third kappa shape index (κ3) is 2.04. The molecule has 0 aliphatic rings. The largest absolute Gasteiger partial charge is 0.449 e. The van der Waals surface area contributed by atoms with E-state index in [4.69, 9.17) is 21.8 Å². The van der Waals surface area contributed by atoms with Crippen molar-refractivity contribution in [2.75, 3.05) is 5.73 Å². The zero-order chi connectivity index (χ0) is 14.3. The van der Waals surface area contributed by atoms with E-state index in [0.717, 1.165) is 0 Å². The molecule has 0 unspecified atom stereocenters. The van der Waals surface area contributed by atoms with E-state index in [1.807, 2.05) is 0 Å². The van der Waals surface area contributed by atoms with E-state index in [-0.39, 0.29) is 22.1 Å². The molecule has 1 aromatic heterocycles. The molecule has 1 heterocycles. The van der Waals surface area contributed by atoms with Crippen LogP contribution >= 0.6 is 11.6 Å². The molecule has 0 aliphatic carbocycles. The smallest absolute Gasteiger partial charge is 0.228 e. The van der Waals surface area contributed by atoms with Gasteiger partial charge in [0.15, 0.2) is 17.2 Å².